The van der Waals surface area contributed by atoms with Crippen molar-refractivity contribution < 1.29 is 9.90 Å². The Balaban J connectivity index is 2.05. The fourth-order valence-electron chi connectivity index (χ4n) is 2.21. The van der Waals surface area contributed by atoms with E-state index in [1.807, 2.05) is 54.6 Å². The summed E-state index contributed by atoms with van der Waals surface area (Å²) >= 11 is 3.39. The summed E-state index contributed by atoms with van der Waals surface area (Å²) < 4.78 is 2.60. The van der Waals surface area contributed by atoms with Crippen molar-refractivity contribution in [2.75, 3.05) is 0 Å². The van der Waals surface area contributed by atoms with Crippen LogP contribution in [0.4, 0.5) is 0 Å². The van der Waals surface area contributed by atoms with Crippen LogP contribution in [0.5, 0.6) is 0 Å². The molecular weight excluding hydrogens is 346 g/mol. The van der Waals surface area contributed by atoms with Crippen molar-refractivity contribution in [1.82, 2.24) is 15.0 Å². The summed E-state index contributed by atoms with van der Waals surface area (Å²) in [6.07, 6.45) is 0. The van der Waals surface area contributed by atoms with Gasteiger partial charge in [-0.05, 0) is 17.7 Å². The monoisotopic (exact) mass is 357 g/mol. The predicted molar refractivity (Wildman–Crippen MR) is 85.7 cm³/mol. The molecule has 0 saturated heterocycles. The molecule has 0 atom stereocenters. The first-order chi connectivity index (χ1) is 10.6. The van der Waals surface area contributed by atoms with Crippen LogP contribution in [0.25, 0.3) is 11.3 Å². The third-order valence-electron chi connectivity index (χ3n) is 3.23. The molecular formula is C16H12BrN3O2. The van der Waals surface area contributed by atoms with E-state index in [2.05, 4.69) is 26.2 Å². The first-order valence-electron chi connectivity index (χ1n) is 6.62. The summed E-state index contributed by atoms with van der Waals surface area (Å²) in [4.78, 5) is 11.4. The fourth-order valence-corrected chi connectivity index (χ4v) is 2.48. The van der Waals surface area contributed by atoms with E-state index in [1.54, 1.807) is 4.68 Å². The van der Waals surface area contributed by atoms with Gasteiger partial charge in [0.1, 0.15) is 5.69 Å². The normalized spacial score (nSPS) is 10.6. The number of carboxylic acids is 1. The van der Waals surface area contributed by atoms with Gasteiger partial charge >= 0.3 is 5.97 Å². The van der Waals surface area contributed by atoms with E-state index in [9.17, 15) is 9.90 Å². The zero-order valence-electron chi connectivity index (χ0n) is 11.5. The predicted octanol–water partition coefficient (Wildman–Crippen LogP) is 3.45. The summed E-state index contributed by atoms with van der Waals surface area (Å²) in [6.45, 7) is 0.456. The van der Waals surface area contributed by atoms with Gasteiger partial charge in [0.25, 0.3) is 0 Å². The van der Waals surface area contributed by atoms with E-state index < -0.39 is 5.97 Å². The highest BCUT2D eigenvalue weighted by Gasteiger charge is 2.20. The molecule has 1 heterocycles. The number of aromatic carboxylic acids is 1. The molecule has 1 N–H and O–H groups in total. The summed E-state index contributed by atoms with van der Waals surface area (Å²) in [5.41, 5.74) is 2.27. The lowest BCUT2D eigenvalue weighted by atomic mass is 10.1. The van der Waals surface area contributed by atoms with Gasteiger partial charge < -0.3 is 5.11 Å². The maximum Gasteiger partial charge on any atom is 0.358 e. The maximum absolute atomic E-state index is 11.4. The molecule has 0 unspecified atom stereocenters. The number of rotatable bonds is 4. The van der Waals surface area contributed by atoms with Gasteiger partial charge in [-0.1, -0.05) is 63.6 Å². The number of carbonyl (C=O) groups is 1. The minimum Gasteiger partial charge on any atom is -0.476 e. The van der Waals surface area contributed by atoms with Gasteiger partial charge in [-0.3, -0.25) is 0 Å². The number of benzene rings is 2. The Labute approximate surface area is 135 Å². The molecule has 0 aliphatic rings. The maximum atomic E-state index is 11.4. The van der Waals surface area contributed by atoms with Gasteiger partial charge in [-0.25, -0.2) is 9.48 Å². The Morgan fingerprint density at radius 3 is 2.41 bits per heavy atom. The van der Waals surface area contributed by atoms with Crippen molar-refractivity contribution in [2.45, 2.75) is 6.54 Å². The molecule has 2 aromatic carbocycles. The van der Waals surface area contributed by atoms with E-state index in [-0.39, 0.29) is 5.69 Å². The van der Waals surface area contributed by atoms with Crippen molar-refractivity contribution >= 4 is 21.9 Å². The zero-order chi connectivity index (χ0) is 15.5. The average Bonchev–Trinajstić information content (AvgIpc) is 2.94. The number of halogens is 1. The molecule has 0 bridgehead atoms. The SMILES string of the molecule is O=C(O)c1nnn(Cc2ccc(Br)cc2)c1-c1ccccc1. The van der Waals surface area contributed by atoms with Gasteiger partial charge in [0.2, 0.25) is 0 Å². The van der Waals surface area contributed by atoms with E-state index >= 15 is 0 Å². The standard InChI is InChI=1S/C16H12BrN3O2/c17-13-8-6-11(7-9-13)10-20-15(12-4-2-1-3-5-12)14(16(21)22)18-19-20/h1-9H,10H2,(H,21,22). The lowest BCUT2D eigenvalue weighted by molar-refractivity contribution is 0.0691. The molecule has 0 radical (unpaired) electrons. The summed E-state index contributed by atoms with van der Waals surface area (Å²) in [5, 5.41) is 17.1. The Bertz CT molecular complexity index is 798. The Morgan fingerprint density at radius 1 is 1.09 bits per heavy atom. The smallest absolute Gasteiger partial charge is 0.358 e. The summed E-state index contributed by atoms with van der Waals surface area (Å²) in [7, 11) is 0. The Morgan fingerprint density at radius 2 is 1.77 bits per heavy atom. The van der Waals surface area contributed by atoms with E-state index in [4.69, 9.17) is 0 Å². The zero-order valence-corrected chi connectivity index (χ0v) is 13.1. The molecule has 3 rings (SSSR count). The largest absolute Gasteiger partial charge is 0.476 e. The van der Waals surface area contributed by atoms with Crippen molar-refractivity contribution in [2.24, 2.45) is 0 Å². The van der Waals surface area contributed by atoms with Gasteiger partial charge in [-0.15, -0.1) is 5.10 Å². The van der Waals surface area contributed by atoms with Crippen LogP contribution in [-0.2, 0) is 6.54 Å². The van der Waals surface area contributed by atoms with Crippen LogP contribution in [0.15, 0.2) is 59.1 Å². The fraction of sp³-hybridized carbons (Fsp3) is 0.0625. The van der Waals surface area contributed by atoms with Crippen LogP contribution in [0.3, 0.4) is 0 Å². The van der Waals surface area contributed by atoms with Crippen LogP contribution in [-0.4, -0.2) is 26.1 Å². The molecule has 5 nitrogen and oxygen atoms in total. The van der Waals surface area contributed by atoms with Crippen molar-refractivity contribution in [3.63, 3.8) is 0 Å². The lowest BCUT2D eigenvalue weighted by Gasteiger charge is -2.07. The second-order valence-corrected chi connectivity index (χ2v) is 5.66. The molecule has 6 heteroatoms. The second kappa shape index (κ2) is 6.11. The molecule has 110 valence electrons. The number of nitrogens with zero attached hydrogens (tertiary/aromatic N) is 3. The first-order valence-corrected chi connectivity index (χ1v) is 7.41. The molecule has 3 aromatic rings. The quantitative estimate of drug-likeness (QED) is 0.776. The Kier molecular flexibility index (Phi) is 4.02. The molecule has 0 aliphatic heterocycles. The third-order valence-corrected chi connectivity index (χ3v) is 3.76. The van der Waals surface area contributed by atoms with Crippen molar-refractivity contribution in [3.8, 4) is 11.3 Å². The Hall–Kier alpha value is -2.47. The number of aromatic nitrogens is 3. The molecule has 0 aliphatic carbocycles. The van der Waals surface area contributed by atoms with E-state index in [0.29, 0.717) is 12.2 Å². The topological polar surface area (TPSA) is 68.0 Å². The molecule has 1 aromatic heterocycles. The van der Waals surface area contributed by atoms with Crippen LogP contribution in [0.1, 0.15) is 16.1 Å². The molecule has 22 heavy (non-hydrogen) atoms. The third kappa shape index (κ3) is 2.92. The molecule has 0 spiro atoms. The minimum absolute atomic E-state index is 0.0386. The van der Waals surface area contributed by atoms with Gasteiger partial charge in [-0.2, -0.15) is 0 Å². The van der Waals surface area contributed by atoms with Crippen LogP contribution in [0.2, 0.25) is 0 Å². The van der Waals surface area contributed by atoms with E-state index in [1.165, 1.54) is 0 Å². The molecule has 0 fully saturated rings. The number of hydrogen-bond donors (Lipinski definition) is 1. The number of hydrogen-bond acceptors (Lipinski definition) is 3. The summed E-state index contributed by atoms with van der Waals surface area (Å²) in [5.74, 6) is -1.08. The average molecular weight is 358 g/mol. The highest BCUT2D eigenvalue weighted by atomic mass is 79.9. The highest BCUT2D eigenvalue weighted by Crippen LogP contribution is 2.23. The lowest BCUT2D eigenvalue weighted by Crippen LogP contribution is -2.06. The van der Waals surface area contributed by atoms with Crippen LogP contribution in [0, 0.1) is 0 Å². The molecule has 0 amide bonds. The van der Waals surface area contributed by atoms with Crippen molar-refractivity contribution in [1.29, 1.82) is 0 Å². The van der Waals surface area contributed by atoms with Crippen molar-refractivity contribution in [3.05, 3.63) is 70.3 Å². The summed E-state index contributed by atoms with van der Waals surface area (Å²) in [6, 6.07) is 17.1. The van der Waals surface area contributed by atoms with E-state index in [0.717, 1.165) is 15.6 Å². The number of carboxylic acid groups (broad SMARTS) is 1. The van der Waals surface area contributed by atoms with Crippen LogP contribution < -0.4 is 0 Å². The van der Waals surface area contributed by atoms with Gasteiger partial charge in [0, 0.05) is 10.0 Å². The highest BCUT2D eigenvalue weighted by molar-refractivity contribution is 9.10. The van der Waals surface area contributed by atoms with Crippen LogP contribution >= 0.6 is 15.9 Å². The van der Waals surface area contributed by atoms with Gasteiger partial charge in [0.15, 0.2) is 5.69 Å². The minimum atomic E-state index is -1.08. The second-order valence-electron chi connectivity index (χ2n) is 4.74. The van der Waals surface area contributed by atoms with Gasteiger partial charge in [0.05, 0.1) is 6.54 Å². The first kappa shape index (κ1) is 14.5. The molecule has 0 saturated carbocycles.